The molecule has 2 aromatic rings. The van der Waals surface area contributed by atoms with Crippen LogP contribution in [0.25, 0.3) is 0 Å². The molecule has 1 atom stereocenters. The molecule has 0 bridgehead atoms. The van der Waals surface area contributed by atoms with Crippen molar-refractivity contribution in [3.8, 4) is 0 Å². The van der Waals surface area contributed by atoms with Crippen molar-refractivity contribution in [2.45, 2.75) is 32.4 Å². The fraction of sp³-hybridized carbons (Fsp3) is 0.353. The van der Waals surface area contributed by atoms with E-state index in [1.807, 2.05) is 37.3 Å². The molecular weight excluding hydrogens is 292 g/mol. The number of aliphatic hydroxyl groups is 1. The molecule has 0 radical (unpaired) electrons. The van der Waals surface area contributed by atoms with Gasteiger partial charge in [-0.25, -0.2) is 9.97 Å². The first-order chi connectivity index (χ1) is 10.9. The summed E-state index contributed by atoms with van der Waals surface area (Å²) in [5.74, 6) is -0.250. The van der Waals surface area contributed by atoms with E-state index in [4.69, 9.17) is 5.73 Å². The van der Waals surface area contributed by atoms with Crippen molar-refractivity contribution in [3.63, 3.8) is 0 Å². The van der Waals surface area contributed by atoms with Crippen LogP contribution in [-0.2, 0) is 6.54 Å². The van der Waals surface area contributed by atoms with E-state index >= 15 is 0 Å². The van der Waals surface area contributed by atoms with Crippen LogP contribution in [0.4, 0.5) is 5.82 Å². The Morgan fingerprint density at radius 3 is 2.52 bits per heavy atom. The van der Waals surface area contributed by atoms with Crippen LogP contribution in [0.1, 0.15) is 36.3 Å². The van der Waals surface area contributed by atoms with Crippen molar-refractivity contribution in [2.24, 2.45) is 0 Å². The summed E-state index contributed by atoms with van der Waals surface area (Å²) in [5.41, 5.74) is 5.86. The second kappa shape index (κ2) is 7.19. The van der Waals surface area contributed by atoms with Gasteiger partial charge in [-0.05, 0) is 18.9 Å². The highest BCUT2D eigenvalue weighted by Gasteiger charge is 2.28. The summed E-state index contributed by atoms with van der Waals surface area (Å²) in [5, 5.41) is 10.4. The number of rotatable bonds is 6. The average Bonchev–Trinajstić information content (AvgIpc) is 2.55. The molecule has 1 unspecified atom stereocenters. The minimum absolute atomic E-state index is 0.0895. The van der Waals surface area contributed by atoms with E-state index in [2.05, 4.69) is 9.97 Å². The second-order valence-electron chi connectivity index (χ2n) is 5.79. The fourth-order valence-electron chi connectivity index (χ4n) is 2.19. The van der Waals surface area contributed by atoms with E-state index in [0.29, 0.717) is 13.0 Å². The standard InChI is InChI=1S/C17H22N4O2/c1-3-17(2,23)12-21(11-13-7-5-4-6-8-13)16(22)14-15(18)20-10-9-19-14/h4-10,23H,3,11-12H2,1-2H3,(H2,18,20). The summed E-state index contributed by atoms with van der Waals surface area (Å²) in [6, 6.07) is 9.60. The van der Waals surface area contributed by atoms with Gasteiger partial charge in [-0.15, -0.1) is 0 Å². The minimum atomic E-state index is -0.985. The van der Waals surface area contributed by atoms with Crippen LogP contribution in [0.5, 0.6) is 0 Å². The van der Waals surface area contributed by atoms with E-state index in [1.165, 1.54) is 12.4 Å². The van der Waals surface area contributed by atoms with Gasteiger partial charge in [0, 0.05) is 25.5 Å². The molecule has 0 saturated heterocycles. The quantitative estimate of drug-likeness (QED) is 0.849. The van der Waals surface area contributed by atoms with Gasteiger partial charge >= 0.3 is 0 Å². The van der Waals surface area contributed by atoms with Crippen molar-refractivity contribution >= 4 is 11.7 Å². The van der Waals surface area contributed by atoms with Crippen LogP contribution in [0.3, 0.4) is 0 Å². The van der Waals surface area contributed by atoms with Crippen molar-refractivity contribution in [1.29, 1.82) is 0 Å². The highest BCUT2D eigenvalue weighted by Crippen LogP contribution is 2.17. The number of amides is 1. The van der Waals surface area contributed by atoms with Gasteiger partial charge in [-0.1, -0.05) is 37.3 Å². The lowest BCUT2D eigenvalue weighted by Crippen LogP contribution is -2.43. The van der Waals surface area contributed by atoms with E-state index in [1.54, 1.807) is 11.8 Å². The third kappa shape index (κ3) is 4.50. The number of carbonyl (C=O) groups is 1. The maximum Gasteiger partial charge on any atom is 0.276 e. The molecule has 0 spiro atoms. The van der Waals surface area contributed by atoms with Crippen molar-refractivity contribution in [1.82, 2.24) is 14.9 Å². The molecule has 6 heteroatoms. The Morgan fingerprint density at radius 2 is 1.91 bits per heavy atom. The number of aromatic nitrogens is 2. The van der Waals surface area contributed by atoms with Gasteiger partial charge in [0.1, 0.15) is 0 Å². The topological polar surface area (TPSA) is 92.3 Å². The van der Waals surface area contributed by atoms with Gasteiger partial charge in [0.25, 0.3) is 5.91 Å². The molecule has 0 aliphatic carbocycles. The lowest BCUT2D eigenvalue weighted by molar-refractivity contribution is 0.0133. The third-order valence-electron chi connectivity index (χ3n) is 3.73. The van der Waals surface area contributed by atoms with Crippen LogP contribution >= 0.6 is 0 Å². The number of nitrogens with two attached hydrogens (primary N) is 1. The summed E-state index contributed by atoms with van der Waals surface area (Å²) in [4.78, 5) is 22.3. The van der Waals surface area contributed by atoms with Gasteiger partial charge in [-0.2, -0.15) is 0 Å². The Labute approximate surface area is 136 Å². The Kier molecular flexibility index (Phi) is 5.28. The van der Waals surface area contributed by atoms with Crippen LogP contribution in [0, 0.1) is 0 Å². The normalized spacial score (nSPS) is 13.3. The van der Waals surface area contributed by atoms with Gasteiger partial charge in [-0.3, -0.25) is 4.79 Å². The predicted octanol–water partition coefficient (Wildman–Crippen LogP) is 1.86. The van der Waals surface area contributed by atoms with E-state index < -0.39 is 5.60 Å². The van der Waals surface area contributed by atoms with Crippen molar-refractivity contribution in [3.05, 3.63) is 54.0 Å². The van der Waals surface area contributed by atoms with Gasteiger partial charge in [0.2, 0.25) is 0 Å². The Hall–Kier alpha value is -2.47. The molecule has 1 aromatic heterocycles. The van der Waals surface area contributed by atoms with Crippen LogP contribution in [0.2, 0.25) is 0 Å². The lowest BCUT2D eigenvalue weighted by atomic mass is 10.0. The number of anilines is 1. The van der Waals surface area contributed by atoms with Crippen LogP contribution in [0.15, 0.2) is 42.7 Å². The number of hydrogen-bond acceptors (Lipinski definition) is 5. The SMILES string of the molecule is CCC(C)(O)CN(Cc1ccccc1)C(=O)c1nccnc1N. The first-order valence-corrected chi connectivity index (χ1v) is 7.55. The maximum atomic E-state index is 12.8. The number of benzene rings is 1. The predicted molar refractivity (Wildman–Crippen MR) is 88.5 cm³/mol. The molecular formula is C17H22N4O2. The fourth-order valence-corrected chi connectivity index (χ4v) is 2.19. The Balaban J connectivity index is 2.29. The summed E-state index contributed by atoms with van der Waals surface area (Å²) in [6.07, 6.45) is 3.40. The molecule has 1 aromatic carbocycles. The summed E-state index contributed by atoms with van der Waals surface area (Å²) < 4.78 is 0. The zero-order valence-electron chi connectivity index (χ0n) is 13.4. The maximum absolute atomic E-state index is 12.8. The smallest absolute Gasteiger partial charge is 0.276 e. The molecule has 1 amide bonds. The van der Waals surface area contributed by atoms with Gasteiger partial charge < -0.3 is 15.7 Å². The number of nitrogen functional groups attached to an aromatic ring is 1. The van der Waals surface area contributed by atoms with Crippen molar-refractivity contribution in [2.75, 3.05) is 12.3 Å². The molecule has 122 valence electrons. The van der Waals surface area contributed by atoms with Gasteiger partial charge in [0.15, 0.2) is 11.5 Å². The largest absolute Gasteiger partial charge is 0.388 e. The molecule has 3 N–H and O–H groups in total. The first kappa shape index (κ1) is 16.9. The molecule has 0 saturated carbocycles. The Bertz CT molecular complexity index is 659. The molecule has 6 nitrogen and oxygen atoms in total. The Morgan fingerprint density at radius 1 is 1.26 bits per heavy atom. The third-order valence-corrected chi connectivity index (χ3v) is 3.73. The van der Waals surface area contributed by atoms with Crippen LogP contribution < -0.4 is 5.73 Å². The second-order valence-corrected chi connectivity index (χ2v) is 5.79. The molecule has 2 rings (SSSR count). The van der Waals surface area contributed by atoms with E-state index in [-0.39, 0.29) is 24.0 Å². The molecule has 23 heavy (non-hydrogen) atoms. The number of nitrogens with zero attached hydrogens (tertiary/aromatic N) is 3. The summed E-state index contributed by atoms with van der Waals surface area (Å²) in [7, 11) is 0. The zero-order chi connectivity index (χ0) is 16.9. The number of carbonyl (C=O) groups excluding carboxylic acids is 1. The highest BCUT2D eigenvalue weighted by molar-refractivity contribution is 5.96. The zero-order valence-corrected chi connectivity index (χ0v) is 13.4. The summed E-state index contributed by atoms with van der Waals surface area (Å²) in [6.45, 7) is 4.14. The number of hydrogen-bond donors (Lipinski definition) is 2. The summed E-state index contributed by atoms with van der Waals surface area (Å²) >= 11 is 0. The van der Waals surface area contributed by atoms with E-state index in [9.17, 15) is 9.90 Å². The molecule has 0 aliphatic heterocycles. The highest BCUT2D eigenvalue weighted by atomic mass is 16.3. The monoisotopic (exact) mass is 314 g/mol. The van der Waals surface area contributed by atoms with Gasteiger partial charge in [0.05, 0.1) is 5.60 Å². The molecule has 0 fully saturated rings. The van der Waals surface area contributed by atoms with E-state index in [0.717, 1.165) is 5.56 Å². The lowest BCUT2D eigenvalue weighted by Gasteiger charge is -2.31. The van der Waals surface area contributed by atoms with Crippen molar-refractivity contribution < 1.29 is 9.90 Å². The molecule has 1 heterocycles. The van der Waals surface area contributed by atoms with Crippen LogP contribution in [-0.4, -0.2) is 38.0 Å². The average molecular weight is 314 g/mol. The molecule has 0 aliphatic rings. The first-order valence-electron chi connectivity index (χ1n) is 7.55. The minimum Gasteiger partial charge on any atom is -0.388 e.